The van der Waals surface area contributed by atoms with Crippen LogP contribution in [0.5, 0.6) is 0 Å². The molecule has 14 heavy (non-hydrogen) atoms. The van der Waals surface area contributed by atoms with Gasteiger partial charge in [0.05, 0.1) is 5.69 Å². The van der Waals surface area contributed by atoms with E-state index >= 15 is 0 Å². The molecule has 0 aromatic carbocycles. The molecule has 1 aromatic heterocycles. The molecule has 1 heterocycles. The van der Waals surface area contributed by atoms with Crippen molar-refractivity contribution in [3.63, 3.8) is 0 Å². The van der Waals surface area contributed by atoms with Crippen LogP contribution < -0.4 is 5.73 Å². The molecule has 1 aromatic rings. The van der Waals surface area contributed by atoms with Crippen LogP contribution in [-0.2, 0) is 12.8 Å². The van der Waals surface area contributed by atoms with Crippen molar-refractivity contribution in [3.8, 4) is 0 Å². The largest absolute Gasteiger partial charge is 0.361 e. The Kier molecular flexibility index (Phi) is 1.87. The monoisotopic (exact) mass is 192 g/mol. The highest BCUT2D eigenvalue weighted by molar-refractivity contribution is 5.31. The lowest BCUT2D eigenvalue weighted by molar-refractivity contribution is 0.337. The predicted octanol–water partition coefficient (Wildman–Crippen LogP) is 1.62. The molecule has 1 fully saturated rings. The summed E-state index contributed by atoms with van der Waals surface area (Å²) < 4.78 is 5.41. The van der Waals surface area contributed by atoms with E-state index in [1.165, 1.54) is 30.5 Å². The van der Waals surface area contributed by atoms with Crippen LogP contribution in [0.25, 0.3) is 0 Å². The molecule has 0 radical (unpaired) electrons. The van der Waals surface area contributed by atoms with Crippen LogP contribution in [0.1, 0.15) is 42.2 Å². The van der Waals surface area contributed by atoms with Gasteiger partial charge in [-0.1, -0.05) is 5.16 Å². The van der Waals surface area contributed by atoms with Crippen molar-refractivity contribution in [2.75, 3.05) is 6.54 Å². The Labute approximate surface area is 83.6 Å². The van der Waals surface area contributed by atoms with Crippen molar-refractivity contribution < 1.29 is 4.52 Å². The van der Waals surface area contributed by atoms with E-state index in [1.807, 2.05) is 0 Å². The molecule has 76 valence electrons. The van der Waals surface area contributed by atoms with E-state index in [1.54, 1.807) is 0 Å². The van der Waals surface area contributed by atoms with E-state index in [-0.39, 0.29) is 0 Å². The predicted molar refractivity (Wildman–Crippen MR) is 53.0 cm³/mol. The van der Waals surface area contributed by atoms with Gasteiger partial charge in [-0.05, 0) is 38.1 Å². The number of fused-ring (bicyclic) bond motifs is 1. The first-order valence-corrected chi connectivity index (χ1v) is 5.56. The molecule has 0 bridgehead atoms. The summed E-state index contributed by atoms with van der Waals surface area (Å²) in [6, 6.07) is 0. The Bertz CT molecular complexity index is 341. The minimum atomic E-state index is 0.613. The van der Waals surface area contributed by atoms with Gasteiger partial charge in [0.25, 0.3) is 0 Å². The summed E-state index contributed by atoms with van der Waals surface area (Å²) in [6.07, 6.45) is 5.96. The SMILES string of the molecule is NCC1CCc2c(C3CC3)noc2C1. The maximum absolute atomic E-state index is 5.68. The molecule has 3 heteroatoms. The molecular weight excluding hydrogens is 176 g/mol. The molecule has 2 aliphatic rings. The van der Waals surface area contributed by atoms with Crippen molar-refractivity contribution in [2.24, 2.45) is 11.7 Å². The van der Waals surface area contributed by atoms with Crippen LogP contribution in [0.4, 0.5) is 0 Å². The number of nitrogens with zero attached hydrogens (tertiary/aromatic N) is 1. The van der Waals surface area contributed by atoms with E-state index in [2.05, 4.69) is 5.16 Å². The fourth-order valence-electron chi connectivity index (χ4n) is 2.38. The Balaban J connectivity index is 1.88. The fraction of sp³-hybridized carbons (Fsp3) is 0.727. The van der Waals surface area contributed by atoms with Crippen LogP contribution >= 0.6 is 0 Å². The average molecular weight is 192 g/mol. The van der Waals surface area contributed by atoms with Gasteiger partial charge in [-0.15, -0.1) is 0 Å². The normalized spacial score (nSPS) is 26.2. The molecule has 1 saturated carbocycles. The minimum Gasteiger partial charge on any atom is -0.361 e. The zero-order valence-corrected chi connectivity index (χ0v) is 8.33. The summed E-state index contributed by atoms with van der Waals surface area (Å²) in [5.74, 6) is 2.45. The topological polar surface area (TPSA) is 52.0 Å². The highest BCUT2D eigenvalue weighted by Crippen LogP contribution is 2.43. The van der Waals surface area contributed by atoms with Crippen LogP contribution in [0.3, 0.4) is 0 Å². The van der Waals surface area contributed by atoms with Gasteiger partial charge in [0, 0.05) is 17.9 Å². The van der Waals surface area contributed by atoms with E-state index in [4.69, 9.17) is 10.3 Å². The van der Waals surface area contributed by atoms with Gasteiger partial charge in [0.15, 0.2) is 0 Å². The molecule has 3 nitrogen and oxygen atoms in total. The van der Waals surface area contributed by atoms with E-state index in [9.17, 15) is 0 Å². The Morgan fingerprint density at radius 2 is 2.21 bits per heavy atom. The Morgan fingerprint density at radius 1 is 1.36 bits per heavy atom. The molecule has 1 unspecified atom stereocenters. The lowest BCUT2D eigenvalue weighted by Gasteiger charge is -2.18. The molecule has 0 saturated heterocycles. The Morgan fingerprint density at radius 3 is 2.93 bits per heavy atom. The van der Waals surface area contributed by atoms with Crippen LogP contribution in [-0.4, -0.2) is 11.7 Å². The van der Waals surface area contributed by atoms with Crippen molar-refractivity contribution in [3.05, 3.63) is 17.0 Å². The third-order valence-electron chi connectivity index (χ3n) is 3.47. The molecule has 0 spiro atoms. The van der Waals surface area contributed by atoms with Gasteiger partial charge in [-0.2, -0.15) is 0 Å². The third-order valence-corrected chi connectivity index (χ3v) is 3.47. The van der Waals surface area contributed by atoms with Crippen LogP contribution in [0.2, 0.25) is 0 Å². The number of hydrogen-bond acceptors (Lipinski definition) is 3. The average Bonchev–Trinajstić information content (AvgIpc) is 2.98. The van der Waals surface area contributed by atoms with E-state index < -0.39 is 0 Å². The second kappa shape index (κ2) is 3.09. The summed E-state index contributed by atoms with van der Waals surface area (Å²) in [4.78, 5) is 0. The molecule has 2 N–H and O–H groups in total. The number of aromatic nitrogens is 1. The number of hydrogen-bond donors (Lipinski definition) is 1. The number of nitrogens with two attached hydrogens (primary N) is 1. The van der Waals surface area contributed by atoms with Crippen molar-refractivity contribution in [2.45, 2.75) is 38.0 Å². The fourth-order valence-corrected chi connectivity index (χ4v) is 2.38. The van der Waals surface area contributed by atoms with Gasteiger partial charge in [0.2, 0.25) is 0 Å². The van der Waals surface area contributed by atoms with Gasteiger partial charge < -0.3 is 10.3 Å². The second-order valence-corrected chi connectivity index (χ2v) is 4.59. The van der Waals surface area contributed by atoms with Crippen LogP contribution in [0, 0.1) is 5.92 Å². The first-order chi connectivity index (χ1) is 6.88. The smallest absolute Gasteiger partial charge is 0.140 e. The minimum absolute atomic E-state index is 0.613. The Hall–Kier alpha value is -0.830. The lowest BCUT2D eigenvalue weighted by Crippen LogP contribution is -2.21. The highest BCUT2D eigenvalue weighted by atomic mass is 16.5. The summed E-state index contributed by atoms with van der Waals surface area (Å²) >= 11 is 0. The number of rotatable bonds is 2. The summed E-state index contributed by atoms with van der Waals surface area (Å²) in [7, 11) is 0. The van der Waals surface area contributed by atoms with Crippen molar-refractivity contribution in [1.29, 1.82) is 0 Å². The maximum atomic E-state index is 5.68. The molecule has 0 aliphatic heterocycles. The van der Waals surface area contributed by atoms with E-state index in [0.29, 0.717) is 5.92 Å². The van der Waals surface area contributed by atoms with Gasteiger partial charge in [0.1, 0.15) is 5.76 Å². The first kappa shape index (κ1) is 8.48. The second-order valence-electron chi connectivity index (χ2n) is 4.59. The van der Waals surface area contributed by atoms with Crippen LogP contribution in [0.15, 0.2) is 4.52 Å². The molecule has 0 amide bonds. The van der Waals surface area contributed by atoms with Gasteiger partial charge >= 0.3 is 0 Å². The van der Waals surface area contributed by atoms with Gasteiger partial charge in [-0.3, -0.25) is 0 Å². The highest BCUT2D eigenvalue weighted by Gasteiger charge is 2.33. The molecule has 3 rings (SSSR count). The summed E-state index contributed by atoms with van der Waals surface area (Å²) in [5.41, 5.74) is 8.35. The maximum Gasteiger partial charge on any atom is 0.140 e. The lowest BCUT2D eigenvalue weighted by atomic mass is 9.87. The standard InChI is InChI=1S/C11H16N2O/c12-6-7-1-4-9-10(5-7)14-13-11(9)8-2-3-8/h7-8H,1-6,12H2. The van der Waals surface area contributed by atoms with E-state index in [0.717, 1.165) is 31.1 Å². The molecule has 2 aliphatic carbocycles. The zero-order valence-electron chi connectivity index (χ0n) is 8.33. The quantitative estimate of drug-likeness (QED) is 0.774. The van der Waals surface area contributed by atoms with Crippen molar-refractivity contribution >= 4 is 0 Å². The molecule has 1 atom stereocenters. The summed E-state index contributed by atoms with van der Waals surface area (Å²) in [6.45, 7) is 0.777. The first-order valence-electron chi connectivity index (χ1n) is 5.56. The van der Waals surface area contributed by atoms with Crippen molar-refractivity contribution in [1.82, 2.24) is 5.16 Å². The zero-order chi connectivity index (χ0) is 9.54. The molecular formula is C11H16N2O. The summed E-state index contributed by atoms with van der Waals surface area (Å²) in [5, 5.41) is 4.21. The third kappa shape index (κ3) is 1.27. The van der Waals surface area contributed by atoms with Gasteiger partial charge in [-0.25, -0.2) is 0 Å².